The van der Waals surface area contributed by atoms with E-state index in [4.69, 9.17) is 10.5 Å². The molecular formula is C16H20N2O. The number of nitrogens with two attached hydrogens (primary N) is 1. The lowest BCUT2D eigenvalue weighted by Gasteiger charge is -2.17. The third-order valence-electron chi connectivity index (χ3n) is 2.94. The summed E-state index contributed by atoms with van der Waals surface area (Å²) in [6, 6.07) is 18.0. The van der Waals surface area contributed by atoms with Crippen LogP contribution in [0.5, 0.6) is 5.75 Å². The fourth-order valence-electron chi connectivity index (χ4n) is 1.90. The summed E-state index contributed by atoms with van der Waals surface area (Å²) < 4.78 is 5.68. The number of rotatable bonds is 6. The Morgan fingerprint density at radius 1 is 1.00 bits per heavy atom. The molecule has 2 aromatic carbocycles. The van der Waals surface area contributed by atoms with Gasteiger partial charge in [-0.25, -0.2) is 0 Å². The summed E-state index contributed by atoms with van der Waals surface area (Å²) >= 11 is 0. The number of nitrogens with zero attached hydrogens (tertiary/aromatic N) is 1. The van der Waals surface area contributed by atoms with Gasteiger partial charge in [-0.1, -0.05) is 42.5 Å². The zero-order valence-electron chi connectivity index (χ0n) is 11.3. The monoisotopic (exact) mass is 256 g/mol. The van der Waals surface area contributed by atoms with Crippen molar-refractivity contribution in [3.8, 4) is 5.75 Å². The summed E-state index contributed by atoms with van der Waals surface area (Å²) in [4.78, 5) is 2.23. The number of likely N-dealkylation sites (N-methyl/N-ethyl adjacent to an activating group) is 1. The maximum atomic E-state index is 5.82. The van der Waals surface area contributed by atoms with E-state index in [1.807, 2.05) is 30.3 Å². The molecule has 0 aliphatic rings. The van der Waals surface area contributed by atoms with Crippen LogP contribution < -0.4 is 10.5 Å². The summed E-state index contributed by atoms with van der Waals surface area (Å²) in [5.74, 6) is 0.760. The summed E-state index contributed by atoms with van der Waals surface area (Å²) in [7, 11) is 2.09. The molecule has 19 heavy (non-hydrogen) atoms. The normalized spacial score (nSPS) is 10.6. The van der Waals surface area contributed by atoms with Gasteiger partial charge in [0.2, 0.25) is 0 Å². The first-order valence-electron chi connectivity index (χ1n) is 6.45. The lowest BCUT2D eigenvalue weighted by molar-refractivity contribution is 0.233. The van der Waals surface area contributed by atoms with E-state index >= 15 is 0 Å². The highest BCUT2D eigenvalue weighted by Crippen LogP contribution is 2.19. The van der Waals surface area contributed by atoms with Crippen LogP contribution in [-0.2, 0) is 6.54 Å². The first-order valence-corrected chi connectivity index (χ1v) is 6.45. The Balaban J connectivity index is 1.75. The van der Waals surface area contributed by atoms with E-state index in [-0.39, 0.29) is 0 Å². The van der Waals surface area contributed by atoms with Gasteiger partial charge in [0.1, 0.15) is 12.4 Å². The van der Waals surface area contributed by atoms with Crippen LogP contribution in [0.15, 0.2) is 54.6 Å². The Kier molecular flexibility index (Phi) is 4.81. The van der Waals surface area contributed by atoms with Gasteiger partial charge in [0, 0.05) is 13.1 Å². The van der Waals surface area contributed by atoms with Gasteiger partial charge in [-0.05, 0) is 24.7 Å². The molecule has 0 atom stereocenters. The largest absolute Gasteiger partial charge is 0.490 e. The maximum Gasteiger partial charge on any atom is 0.142 e. The zero-order valence-corrected chi connectivity index (χ0v) is 11.3. The molecule has 2 aromatic rings. The minimum absolute atomic E-state index is 0.636. The lowest BCUT2D eigenvalue weighted by Crippen LogP contribution is -2.24. The van der Waals surface area contributed by atoms with Crippen LogP contribution in [0.4, 0.5) is 5.69 Å². The second-order valence-electron chi connectivity index (χ2n) is 4.61. The highest BCUT2D eigenvalue weighted by Gasteiger charge is 2.02. The van der Waals surface area contributed by atoms with Gasteiger partial charge in [-0.15, -0.1) is 0 Å². The van der Waals surface area contributed by atoms with Gasteiger partial charge >= 0.3 is 0 Å². The molecule has 3 nitrogen and oxygen atoms in total. The Morgan fingerprint density at radius 3 is 2.42 bits per heavy atom. The predicted octanol–water partition coefficient (Wildman–Crippen LogP) is 2.78. The lowest BCUT2D eigenvalue weighted by atomic mass is 10.2. The average molecular weight is 256 g/mol. The molecule has 0 amide bonds. The second kappa shape index (κ2) is 6.81. The molecule has 2 rings (SSSR count). The van der Waals surface area contributed by atoms with Crippen molar-refractivity contribution in [1.29, 1.82) is 0 Å². The molecule has 0 heterocycles. The van der Waals surface area contributed by atoms with Gasteiger partial charge in [0.15, 0.2) is 0 Å². The number of benzene rings is 2. The topological polar surface area (TPSA) is 38.5 Å². The smallest absolute Gasteiger partial charge is 0.142 e. The molecule has 0 aliphatic heterocycles. The van der Waals surface area contributed by atoms with Gasteiger partial charge in [-0.2, -0.15) is 0 Å². The number of ether oxygens (including phenoxy) is 1. The molecule has 0 aliphatic carbocycles. The van der Waals surface area contributed by atoms with Crippen LogP contribution in [0, 0.1) is 0 Å². The van der Waals surface area contributed by atoms with Gasteiger partial charge in [0.05, 0.1) is 5.69 Å². The molecule has 0 bridgehead atoms. The minimum Gasteiger partial charge on any atom is -0.490 e. The highest BCUT2D eigenvalue weighted by atomic mass is 16.5. The van der Waals surface area contributed by atoms with E-state index in [1.165, 1.54) is 5.56 Å². The van der Waals surface area contributed by atoms with Crippen molar-refractivity contribution < 1.29 is 4.74 Å². The number of anilines is 1. The number of para-hydroxylation sites is 2. The van der Waals surface area contributed by atoms with E-state index in [1.54, 1.807) is 0 Å². The number of hydrogen-bond acceptors (Lipinski definition) is 3. The average Bonchev–Trinajstić information content (AvgIpc) is 2.42. The molecule has 0 spiro atoms. The fourth-order valence-corrected chi connectivity index (χ4v) is 1.90. The predicted molar refractivity (Wildman–Crippen MR) is 79.1 cm³/mol. The van der Waals surface area contributed by atoms with Gasteiger partial charge < -0.3 is 10.5 Å². The Labute approximate surface area is 114 Å². The Hall–Kier alpha value is -2.00. The van der Waals surface area contributed by atoms with Crippen LogP contribution in [0.25, 0.3) is 0 Å². The molecule has 0 unspecified atom stereocenters. The van der Waals surface area contributed by atoms with Crippen LogP contribution >= 0.6 is 0 Å². The Morgan fingerprint density at radius 2 is 1.68 bits per heavy atom. The summed E-state index contributed by atoms with van der Waals surface area (Å²) in [6.45, 7) is 2.43. The zero-order chi connectivity index (χ0) is 13.5. The van der Waals surface area contributed by atoms with Crippen molar-refractivity contribution >= 4 is 5.69 Å². The second-order valence-corrected chi connectivity index (χ2v) is 4.61. The quantitative estimate of drug-likeness (QED) is 0.808. The fraction of sp³-hybridized carbons (Fsp3) is 0.250. The van der Waals surface area contributed by atoms with Crippen molar-refractivity contribution in [1.82, 2.24) is 4.90 Å². The van der Waals surface area contributed by atoms with Crippen molar-refractivity contribution in [3.05, 3.63) is 60.2 Å². The highest BCUT2D eigenvalue weighted by molar-refractivity contribution is 5.51. The standard InChI is InChI=1S/C16H20N2O/c1-18(13-14-7-3-2-4-8-14)11-12-19-16-10-6-5-9-15(16)17/h2-10H,11-13,17H2,1H3. The van der Waals surface area contributed by atoms with Crippen molar-refractivity contribution in [2.45, 2.75) is 6.54 Å². The van der Waals surface area contributed by atoms with E-state index in [0.717, 1.165) is 18.8 Å². The molecule has 3 heteroatoms. The number of nitrogen functional groups attached to an aromatic ring is 1. The molecule has 2 N–H and O–H groups in total. The number of hydrogen-bond donors (Lipinski definition) is 1. The molecule has 0 radical (unpaired) electrons. The van der Waals surface area contributed by atoms with E-state index in [2.05, 4.69) is 36.2 Å². The third kappa shape index (κ3) is 4.30. The third-order valence-corrected chi connectivity index (χ3v) is 2.94. The van der Waals surface area contributed by atoms with Crippen LogP contribution in [0.3, 0.4) is 0 Å². The van der Waals surface area contributed by atoms with Gasteiger partial charge in [0.25, 0.3) is 0 Å². The van der Waals surface area contributed by atoms with E-state index in [0.29, 0.717) is 12.3 Å². The first kappa shape index (κ1) is 13.4. The van der Waals surface area contributed by atoms with E-state index < -0.39 is 0 Å². The summed E-state index contributed by atoms with van der Waals surface area (Å²) in [6.07, 6.45) is 0. The SMILES string of the molecule is CN(CCOc1ccccc1N)Cc1ccccc1. The van der Waals surface area contributed by atoms with Crippen molar-refractivity contribution in [3.63, 3.8) is 0 Å². The molecule has 0 saturated carbocycles. The van der Waals surface area contributed by atoms with E-state index in [9.17, 15) is 0 Å². The molecule has 0 fully saturated rings. The van der Waals surface area contributed by atoms with Crippen LogP contribution in [-0.4, -0.2) is 25.1 Å². The molecule has 100 valence electrons. The van der Waals surface area contributed by atoms with Gasteiger partial charge in [-0.3, -0.25) is 4.90 Å². The molecular weight excluding hydrogens is 236 g/mol. The molecule has 0 aromatic heterocycles. The first-order chi connectivity index (χ1) is 9.25. The maximum absolute atomic E-state index is 5.82. The van der Waals surface area contributed by atoms with Crippen molar-refractivity contribution in [2.75, 3.05) is 25.9 Å². The van der Waals surface area contributed by atoms with Crippen molar-refractivity contribution in [2.24, 2.45) is 0 Å². The van der Waals surface area contributed by atoms with Crippen LogP contribution in [0.1, 0.15) is 5.56 Å². The summed E-state index contributed by atoms with van der Waals surface area (Å²) in [5, 5.41) is 0. The summed E-state index contributed by atoms with van der Waals surface area (Å²) in [5.41, 5.74) is 7.82. The van der Waals surface area contributed by atoms with Crippen LogP contribution in [0.2, 0.25) is 0 Å². The Bertz CT molecular complexity index is 499. The molecule has 0 saturated heterocycles. The minimum atomic E-state index is 0.636.